The summed E-state index contributed by atoms with van der Waals surface area (Å²) in [4.78, 5) is 11.8. The first kappa shape index (κ1) is 14.9. The molecule has 1 heterocycles. The zero-order valence-corrected chi connectivity index (χ0v) is 11.3. The summed E-state index contributed by atoms with van der Waals surface area (Å²) in [5.41, 5.74) is 1.90. The molecule has 1 fully saturated rings. The molecule has 2 rings (SSSR count). The number of alkyl halides is 2. The van der Waals surface area contributed by atoms with Gasteiger partial charge in [0.1, 0.15) is 0 Å². The van der Waals surface area contributed by atoms with Crippen molar-refractivity contribution in [1.29, 1.82) is 0 Å². The third-order valence-electron chi connectivity index (χ3n) is 3.30. The van der Waals surface area contributed by atoms with E-state index in [1.165, 1.54) is 0 Å². The van der Waals surface area contributed by atoms with E-state index >= 15 is 0 Å². The average Bonchev–Trinajstić information content (AvgIpc) is 2.78. The molecule has 6 heteroatoms. The summed E-state index contributed by atoms with van der Waals surface area (Å²) in [5.74, 6) is -3.19. The Kier molecular flexibility index (Phi) is 4.67. The Morgan fingerprint density at radius 2 is 2.15 bits per heavy atom. The number of rotatable bonds is 5. The number of ether oxygens (including phenoxy) is 1. The van der Waals surface area contributed by atoms with Crippen molar-refractivity contribution in [3.8, 4) is 0 Å². The van der Waals surface area contributed by atoms with Crippen molar-refractivity contribution in [3.63, 3.8) is 0 Å². The van der Waals surface area contributed by atoms with Crippen molar-refractivity contribution in [2.45, 2.75) is 31.5 Å². The Bertz CT molecular complexity index is 480. The van der Waals surface area contributed by atoms with E-state index in [0.29, 0.717) is 13.2 Å². The van der Waals surface area contributed by atoms with Crippen LogP contribution in [-0.2, 0) is 22.7 Å². The van der Waals surface area contributed by atoms with Gasteiger partial charge in [0.05, 0.1) is 19.2 Å². The van der Waals surface area contributed by atoms with Gasteiger partial charge in [-0.05, 0) is 11.1 Å². The molecule has 2 N–H and O–H groups in total. The normalized spacial score (nSPS) is 20.9. The van der Waals surface area contributed by atoms with Gasteiger partial charge in [-0.15, -0.1) is 0 Å². The van der Waals surface area contributed by atoms with Crippen molar-refractivity contribution >= 4 is 5.91 Å². The SMILES string of the molecule is COCc1ccccc1CNC(=O)C1CC(F)(F)CN1. The zero-order valence-electron chi connectivity index (χ0n) is 11.3. The number of amides is 1. The molecular weight excluding hydrogens is 266 g/mol. The Morgan fingerprint density at radius 1 is 1.45 bits per heavy atom. The summed E-state index contributed by atoms with van der Waals surface area (Å²) in [6.45, 7) is 0.319. The van der Waals surface area contributed by atoms with Gasteiger partial charge in [-0.25, -0.2) is 8.78 Å². The molecule has 0 bridgehead atoms. The predicted molar refractivity (Wildman–Crippen MR) is 70.4 cm³/mol. The molecule has 1 aliphatic heterocycles. The quantitative estimate of drug-likeness (QED) is 0.860. The van der Waals surface area contributed by atoms with Crippen molar-refractivity contribution in [1.82, 2.24) is 10.6 Å². The molecule has 0 aliphatic carbocycles. The van der Waals surface area contributed by atoms with Crippen LogP contribution in [0.25, 0.3) is 0 Å². The van der Waals surface area contributed by atoms with Crippen LogP contribution in [0.4, 0.5) is 8.78 Å². The summed E-state index contributed by atoms with van der Waals surface area (Å²) in [6.07, 6.45) is -0.446. The molecule has 1 aromatic rings. The molecule has 20 heavy (non-hydrogen) atoms. The van der Waals surface area contributed by atoms with Crippen LogP contribution in [0.2, 0.25) is 0 Å². The van der Waals surface area contributed by atoms with Gasteiger partial charge in [0.2, 0.25) is 5.91 Å². The van der Waals surface area contributed by atoms with E-state index in [9.17, 15) is 13.6 Å². The van der Waals surface area contributed by atoms with E-state index in [2.05, 4.69) is 10.6 Å². The van der Waals surface area contributed by atoms with E-state index in [0.717, 1.165) is 11.1 Å². The summed E-state index contributed by atoms with van der Waals surface area (Å²) >= 11 is 0. The molecule has 1 atom stereocenters. The maximum atomic E-state index is 13.0. The van der Waals surface area contributed by atoms with Crippen molar-refractivity contribution in [2.24, 2.45) is 0 Å². The summed E-state index contributed by atoms with van der Waals surface area (Å²) in [7, 11) is 1.60. The number of halogens is 2. The Morgan fingerprint density at radius 3 is 2.75 bits per heavy atom. The highest BCUT2D eigenvalue weighted by Crippen LogP contribution is 2.25. The van der Waals surface area contributed by atoms with E-state index in [1.807, 2.05) is 24.3 Å². The van der Waals surface area contributed by atoms with E-state index < -0.39 is 30.8 Å². The minimum absolute atomic E-state index is 0.308. The van der Waals surface area contributed by atoms with Crippen LogP contribution >= 0.6 is 0 Å². The molecule has 1 saturated heterocycles. The average molecular weight is 284 g/mol. The fraction of sp³-hybridized carbons (Fsp3) is 0.500. The van der Waals surface area contributed by atoms with Crippen LogP contribution in [0.3, 0.4) is 0 Å². The lowest BCUT2D eigenvalue weighted by atomic mass is 10.1. The monoisotopic (exact) mass is 284 g/mol. The molecule has 0 aromatic heterocycles. The molecule has 1 unspecified atom stereocenters. The van der Waals surface area contributed by atoms with Gasteiger partial charge in [0, 0.05) is 20.1 Å². The van der Waals surface area contributed by atoms with Crippen molar-refractivity contribution < 1.29 is 18.3 Å². The number of methoxy groups -OCH3 is 1. The number of nitrogens with one attached hydrogen (secondary N) is 2. The van der Waals surface area contributed by atoms with Gasteiger partial charge in [0.25, 0.3) is 5.92 Å². The first-order chi connectivity index (χ1) is 9.52. The zero-order chi connectivity index (χ0) is 14.6. The fourth-order valence-electron chi connectivity index (χ4n) is 2.23. The van der Waals surface area contributed by atoms with Crippen LogP contribution in [0.15, 0.2) is 24.3 Å². The minimum atomic E-state index is -2.80. The van der Waals surface area contributed by atoms with E-state index in [1.54, 1.807) is 7.11 Å². The number of hydrogen-bond donors (Lipinski definition) is 2. The Balaban J connectivity index is 1.91. The molecule has 0 spiro atoms. The highest BCUT2D eigenvalue weighted by Gasteiger charge is 2.42. The summed E-state index contributed by atoms with van der Waals surface area (Å²) in [6, 6.07) is 6.72. The molecular formula is C14H18F2N2O2. The minimum Gasteiger partial charge on any atom is -0.380 e. The van der Waals surface area contributed by atoms with Gasteiger partial charge in [-0.1, -0.05) is 24.3 Å². The fourth-order valence-corrected chi connectivity index (χ4v) is 2.23. The lowest BCUT2D eigenvalue weighted by molar-refractivity contribution is -0.123. The molecule has 4 nitrogen and oxygen atoms in total. The number of carbonyl (C=O) groups is 1. The van der Waals surface area contributed by atoms with Gasteiger partial charge >= 0.3 is 0 Å². The van der Waals surface area contributed by atoms with Crippen molar-refractivity contribution in [3.05, 3.63) is 35.4 Å². The largest absolute Gasteiger partial charge is 0.380 e. The number of hydrogen-bond acceptors (Lipinski definition) is 3. The van der Waals surface area contributed by atoms with Crippen LogP contribution in [0.5, 0.6) is 0 Å². The molecule has 1 aromatic carbocycles. The maximum Gasteiger partial charge on any atom is 0.262 e. The Labute approximate surface area is 116 Å². The molecule has 0 saturated carbocycles. The van der Waals surface area contributed by atoms with Crippen LogP contribution < -0.4 is 10.6 Å². The highest BCUT2D eigenvalue weighted by atomic mass is 19.3. The third kappa shape index (κ3) is 3.74. The van der Waals surface area contributed by atoms with E-state index in [-0.39, 0.29) is 0 Å². The number of benzene rings is 1. The van der Waals surface area contributed by atoms with E-state index in [4.69, 9.17) is 4.74 Å². The first-order valence-corrected chi connectivity index (χ1v) is 6.46. The van der Waals surface area contributed by atoms with Crippen molar-refractivity contribution in [2.75, 3.05) is 13.7 Å². The van der Waals surface area contributed by atoms with Gasteiger partial charge in [-0.3, -0.25) is 10.1 Å². The predicted octanol–water partition coefficient (Wildman–Crippen LogP) is 1.45. The molecule has 0 radical (unpaired) electrons. The Hall–Kier alpha value is -1.53. The van der Waals surface area contributed by atoms with Crippen LogP contribution in [0, 0.1) is 0 Å². The lowest BCUT2D eigenvalue weighted by Crippen LogP contribution is -2.40. The van der Waals surface area contributed by atoms with Gasteiger partial charge in [-0.2, -0.15) is 0 Å². The molecule has 1 amide bonds. The third-order valence-corrected chi connectivity index (χ3v) is 3.30. The van der Waals surface area contributed by atoms with Gasteiger partial charge in [0.15, 0.2) is 0 Å². The summed E-state index contributed by atoms with van der Waals surface area (Å²) in [5, 5.41) is 5.22. The topological polar surface area (TPSA) is 50.4 Å². The number of carbonyl (C=O) groups excluding carboxylic acids is 1. The van der Waals surface area contributed by atoms with Crippen LogP contribution in [0.1, 0.15) is 17.5 Å². The highest BCUT2D eigenvalue weighted by molar-refractivity contribution is 5.82. The van der Waals surface area contributed by atoms with Crippen LogP contribution in [-0.4, -0.2) is 31.5 Å². The summed E-state index contributed by atoms with van der Waals surface area (Å²) < 4.78 is 31.1. The molecule has 1 aliphatic rings. The second kappa shape index (κ2) is 6.28. The lowest BCUT2D eigenvalue weighted by Gasteiger charge is -2.13. The maximum absolute atomic E-state index is 13.0. The molecule has 110 valence electrons. The first-order valence-electron chi connectivity index (χ1n) is 6.46. The smallest absolute Gasteiger partial charge is 0.262 e. The van der Waals surface area contributed by atoms with Gasteiger partial charge < -0.3 is 10.1 Å². The second-order valence-electron chi connectivity index (χ2n) is 4.91. The second-order valence-corrected chi connectivity index (χ2v) is 4.91. The standard InChI is InChI=1S/C14H18F2N2O2/c1-20-8-11-5-3-2-4-10(11)7-17-13(19)12-6-14(15,16)9-18-12/h2-5,12,18H,6-9H2,1H3,(H,17,19).